The summed E-state index contributed by atoms with van der Waals surface area (Å²) in [7, 11) is 0. The standard InChI is InChI=1S/C22H19ClFN5O2/c1-15-4-2-3-5-16(15)12-29-13-17(11-25-29)26-22(30)21-8-9-28(27-21)14-31-18-6-7-20(24)19(23)10-18/h2-11,13H,12,14H2,1H3,(H,26,30). The van der Waals surface area contributed by atoms with Gasteiger partial charge in [-0.25, -0.2) is 9.07 Å². The molecule has 7 nitrogen and oxygen atoms in total. The average Bonchev–Trinajstić information content (AvgIpc) is 3.40. The van der Waals surface area contributed by atoms with Crippen LogP contribution in [0.25, 0.3) is 0 Å². The van der Waals surface area contributed by atoms with Gasteiger partial charge in [0.2, 0.25) is 0 Å². The van der Waals surface area contributed by atoms with Crippen LogP contribution in [0.1, 0.15) is 21.6 Å². The van der Waals surface area contributed by atoms with Gasteiger partial charge in [-0.1, -0.05) is 35.9 Å². The molecular formula is C22H19ClFN5O2. The Kier molecular flexibility index (Phi) is 5.99. The molecule has 0 unspecified atom stereocenters. The Morgan fingerprint density at radius 2 is 2.03 bits per heavy atom. The quantitative estimate of drug-likeness (QED) is 0.459. The van der Waals surface area contributed by atoms with Gasteiger partial charge in [-0.15, -0.1) is 0 Å². The van der Waals surface area contributed by atoms with Gasteiger partial charge in [0.15, 0.2) is 12.4 Å². The van der Waals surface area contributed by atoms with Crippen molar-refractivity contribution in [1.29, 1.82) is 0 Å². The fourth-order valence-corrected chi connectivity index (χ4v) is 3.10. The van der Waals surface area contributed by atoms with Crippen molar-refractivity contribution in [2.24, 2.45) is 0 Å². The summed E-state index contributed by atoms with van der Waals surface area (Å²) in [5.74, 6) is -0.484. The van der Waals surface area contributed by atoms with Crippen molar-refractivity contribution in [2.75, 3.05) is 5.32 Å². The molecule has 0 saturated carbocycles. The maximum absolute atomic E-state index is 13.2. The second-order valence-corrected chi connectivity index (χ2v) is 7.30. The number of hydrogen-bond acceptors (Lipinski definition) is 4. The summed E-state index contributed by atoms with van der Waals surface area (Å²) >= 11 is 5.74. The number of nitrogens with one attached hydrogen (secondary N) is 1. The van der Waals surface area contributed by atoms with E-state index in [9.17, 15) is 9.18 Å². The van der Waals surface area contributed by atoms with Gasteiger partial charge in [-0.3, -0.25) is 9.48 Å². The predicted molar refractivity (Wildman–Crippen MR) is 115 cm³/mol. The van der Waals surface area contributed by atoms with Crippen molar-refractivity contribution >= 4 is 23.2 Å². The largest absolute Gasteiger partial charge is 0.471 e. The predicted octanol–water partition coefficient (Wildman–Crippen LogP) is 4.52. The summed E-state index contributed by atoms with van der Waals surface area (Å²) in [6.07, 6.45) is 4.97. The number of anilines is 1. The SMILES string of the molecule is Cc1ccccc1Cn1cc(NC(=O)c2ccn(COc3ccc(F)c(Cl)c3)n2)cn1. The van der Waals surface area contributed by atoms with Gasteiger partial charge in [0.1, 0.15) is 11.6 Å². The molecule has 0 spiro atoms. The van der Waals surface area contributed by atoms with Crippen LogP contribution in [-0.4, -0.2) is 25.5 Å². The van der Waals surface area contributed by atoms with Crippen LogP contribution in [0.3, 0.4) is 0 Å². The van der Waals surface area contributed by atoms with Gasteiger partial charge in [-0.05, 0) is 36.2 Å². The van der Waals surface area contributed by atoms with Gasteiger partial charge in [0, 0.05) is 18.5 Å². The van der Waals surface area contributed by atoms with Crippen LogP contribution in [0.5, 0.6) is 5.75 Å². The Labute approximate surface area is 183 Å². The zero-order chi connectivity index (χ0) is 21.8. The van der Waals surface area contributed by atoms with E-state index in [1.165, 1.54) is 28.4 Å². The minimum atomic E-state index is -0.519. The Balaban J connectivity index is 1.34. The Bertz CT molecular complexity index is 1220. The second kappa shape index (κ2) is 9.01. The van der Waals surface area contributed by atoms with Crippen molar-refractivity contribution in [3.63, 3.8) is 0 Å². The van der Waals surface area contributed by atoms with Crippen LogP contribution in [-0.2, 0) is 13.3 Å². The number of ether oxygens (including phenoxy) is 1. The van der Waals surface area contributed by atoms with Crippen LogP contribution in [0.4, 0.5) is 10.1 Å². The molecular weight excluding hydrogens is 421 g/mol. The molecule has 0 fully saturated rings. The molecule has 0 bridgehead atoms. The van der Waals surface area contributed by atoms with Crippen LogP contribution in [0, 0.1) is 12.7 Å². The maximum Gasteiger partial charge on any atom is 0.276 e. The number of nitrogens with zero attached hydrogens (tertiary/aromatic N) is 4. The lowest BCUT2D eigenvalue weighted by atomic mass is 10.1. The van der Waals surface area contributed by atoms with Gasteiger partial charge in [0.05, 0.1) is 23.5 Å². The first kappa shape index (κ1) is 20.6. The lowest BCUT2D eigenvalue weighted by Crippen LogP contribution is -2.14. The summed E-state index contributed by atoms with van der Waals surface area (Å²) < 4.78 is 21.9. The zero-order valence-corrected chi connectivity index (χ0v) is 17.4. The number of benzene rings is 2. The fourth-order valence-electron chi connectivity index (χ4n) is 2.93. The maximum atomic E-state index is 13.2. The molecule has 0 radical (unpaired) electrons. The summed E-state index contributed by atoms with van der Waals surface area (Å²) in [5, 5.41) is 11.2. The lowest BCUT2D eigenvalue weighted by Gasteiger charge is -2.06. The van der Waals surface area contributed by atoms with Gasteiger partial charge in [0.25, 0.3) is 5.91 Å². The van der Waals surface area contributed by atoms with Crippen LogP contribution >= 0.6 is 11.6 Å². The molecule has 0 atom stereocenters. The topological polar surface area (TPSA) is 74.0 Å². The van der Waals surface area contributed by atoms with E-state index in [2.05, 4.69) is 15.5 Å². The highest BCUT2D eigenvalue weighted by Gasteiger charge is 2.12. The van der Waals surface area contributed by atoms with E-state index < -0.39 is 5.82 Å². The Morgan fingerprint density at radius 1 is 1.19 bits per heavy atom. The van der Waals surface area contributed by atoms with Crippen molar-refractivity contribution in [1.82, 2.24) is 19.6 Å². The van der Waals surface area contributed by atoms with Crippen molar-refractivity contribution in [3.8, 4) is 5.75 Å². The van der Waals surface area contributed by atoms with Crippen LogP contribution in [0.15, 0.2) is 67.1 Å². The fraction of sp³-hybridized carbons (Fsp3) is 0.136. The van der Waals surface area contributed by atoms with Crippen molar-refractivity contribution in [3.05, 3.63) is 94.8 Å². The average molecular weight is 440 g/mol. The third-order valence-electron chi connectivity index (χ3n) is 4.61. The molecule has 158 valence electrons. The van der Waals surface area contributed by atoms with E-state index >= 15 is 0 Å². The third-order valence-corrected chi connectivity index (χ3v) is 4.90. The first-order valence-corrected chi connectivity index (χ1v) is 9.85. The number of amides is 1. The van der Waals surface area contributed by atoms with Gasteiger partial charge >= 0.3 is 0 Å². The summed E-state index contributed by atoms with van der Waals surface area (Å²) in [5.41, 5.74) is 3.14. The molecule has 0 aliphatic heterocycles. The molecule has 0 aliphatic rings. The van der Waals surface area contributed by atoms with Gasteiger partial charge in [-0.2, -0.15) is 10.2 Å². The summed E-state index contributed by atoms with van der Waals surface area (Å²) in [4.78, 5) is 12.5. The van der Waals surface area contributed by atoms with E-state index in [4.69, 9.17) is 16.3 Å². The molecule has 1 N–H and O–H groups in total. The number of hydrogen-bond donors (Lipinski definition) is 1. The molecule has 0 aliphatic carbocycles. The monoisotopic (exact) mass is 439 g/mol. The van der Waals surface area contributed by atoms with Crippen LogP contribution in [0.2, 0.25) is 5.02 Å². The smallest absolute Gasteiger partial charge is 0.276 e. The normalized spacial score (nSPS) is 10.8. The third kappa shape index (κ3) is 5.10. The van der Waals surface area contributed by atoms with Crippen LogP contribution < -0.4 is 10.1 Å². The molecule has 31 heavy (non-hydrogen) atoms. The van der Waals surface area contributed by atoms with E-state index in [0.717, 1.165) is 5.56 Å². The number of carbonyl (C=O) groups is 1. The number of carbonyl (C=O) groups excluding carboxylic acids is 1. The minimum Gasteiger partial charge on any atom is -0.471 e. The second-order valence-electron chi connectivity index (χ2n) is 6.90. The highest BCUT2D eigenvalue weighted by molar-refractivity contribution is 6.30. The number of halogens is 2. The molecule has 4 aromatic rings. The first-order chi connectivity index (χ1) is 15.0. The van der Waals surface area contributed by atoms with E-state index in [-0.39, 0.29) is 23.4 Å². The lowest BCUT2D eigenvalue weighted by molar-refractivity contribution is 0.102. The van der Waals surface area contributed by atoms with E-state index in [1.54, 1.807) is 29.3 Å². The Hall–Kier alpha value is -3.65. The molecule has 2 aromatic carbocycles. The molecule has 2 aromatic heterocycles. The Morgan fingerprint density at radius 3 is 2.84 bits per heavy atom. The van der Waals surface area contributed by atoms with Crippen molar-refractivity contribution < 1.29 is 13.9 Å². The molecule has 0 saturated heterocycles. The number of rotatable bonds is 7. The van der Waals surface area contributed by atoms with E-state index in [1.807, 2.05) is 31.2 Å². The van der Waals surface area contributed by atoms with Gasteiger partial charge < -0.3 is 10.1 Å². The summed E-state index contributed by atoms with van der Waals surface area (Å²) in [6.45, 7) is 2.71. The first-order valence-electron chi connectivity index (χ1n) is 9.47. The highest BCUT2D eigenvalue weighted by atomic mass is 35.5. The number of aryl methyl sites for hydroxylation is 1. The number of aromatic nitrogens is 4. The van der Waals surface area contributed by atoms with Crippen molar-refractivity contribution in [2.45, 2.75) is 20.2 Å². The van der Waals surface area contributed by atoms with E-state index in [0.29, 0.717) is 18.0 Å². The molecule has 9 heteroatoms. The zero-order valence-electron chi connectivity index (χ0n) is 16.6. The molecule has 4 rings (SSSR count). The molecule has 2 heterocycles. The minimum absolute atomic E-state index is 0.0268. The molecule has 1 amide bonds. The summed E-state index contributed by atoms with van der Waals surface area (Å²) in [6, 6.07) is 13.7. The highest BCUT2D eigenvalue weighted by Crippen LogP contribution is 2.21.